The number of nitrogens with two attached hydrogens (primary N) is 1. The summed E-state index contributed by atoms with van der Waals surface area (Å²) in [5.41, 5.74) is 5.01. The first kappa shape index (κ1) is 15.2. The highest BCUT2D eigenvalue weighted by Gasteiger charge is 2.21. The van der Waals surface area contributed by atoms with Gasteiger partial charge in [-0.25, -0.2) is 17.5 Å². The number of aliphatic hydroxyl groups excluding tert-OH is 1. The Labute approximate surface area is 110 Å². The van der Waals surface area contributed by atoms with E-state index >= 15 is 0 Å². The Morgan fingerprint density at radius 2 is 2.17 bits per heavy atom. The Morgan fingerprint density at radius 1 is 1.56 bits per heavy atom. The van der Waals surface area contributed by atoms with Crippen molar-refractivity contribution in [1.82, 2.24) is 4.72 Å². The van der Waals surface area contributed by atoms with Gasteiger partial charge >= 0.3 is 0 Å². The summed E-state index contributed by atoms with van der Waals surface area (Å²) in [6.07, 6.45) is 0.257. The lowest BCUT2D eigenvalue weighted by Crippen LogP contribution is -2.33. The third-order valence-electron chi connectivity index (χ3n) is 2.26. The van der Waals surface area contributed by atoms with Gasteiger partial charge in [0.15, 0.2) is 0 Å². The Morgan fingerprint density at radius 3 is 2.72 bits per heavy atom. The smallest absolute Gasteiger partial charge is 0.242 e. The summed E-state index contributed by atoms with van der Waals surface area (Å²) in [5.74, 6) is -0.776. The minimum Gasteiger partial charge on any atom is -0.396 e. The van der Waals surface area contributed by atoms with Crippen molar-refractivity contribution in [2.45, 2.75) is 24.3 Å². The summed E-state index contributed by atoms with van der Waals surface area (Å²) >= 11 is 5.68. The van der Waals surface area contributed by atoms with Crippen LogP contribution < -0.4 is 10.5 Å². The van der Waals surface area contributed by atoms with Crippen LogP contribution in [-0.2, 0) is 10.0 Å². The standard InChI is InChI=1S/C10H14ClFN2O3S/c1-6(2-3-15)14-18(16,17)10-5-9(13)8(12)4-7(10)11/h4-6,14-15H,2-3,13H2,1H3. The van der Waals surface area contributed by atoms with Gasteiger partial charge in [-0.1, -0.05) is 11.6 Å². The van der Waals surface area contributed by atoms with Crippen molar-refractivity contribution < 1.29 is 17.9 Å². The van der Waals surface area contributed by atoms with Crippen LogP contribution in [0.4, 0.5) is 10.1 Å². The maximum absolute atomic E-state index is 13.1. The van der Waals surface area contributed by atoms with Crippen molar-refractivity contribution in [3.63, 3.8) is 0 Å². The summed E-state index contributed by atoms with van der Waals surface area (Å²) < 4.78 is 39.3. The Balaban J connectivity index is 3.09. The van der Waals surface area contributed by atoms with Crippen LogP contribution in [0, 0.1) is 5.82 Å². The van der Waals surface area contributed by atoms with E-state index in [0.717, 1.165) is 12.1 Å². The molecule has 1 unspecified atom stereocenters. The summed E-state index contributed by atoms with van der Waals surface area (Å²) in [5, 5.41) is 8.46. The Kier molecular flexibility index (Phi) is 4.92. The highest BCUT2D eigenvalue weighted by molar-refractivity contribution is 7.89. The summed E-state index contributed by atoms with van der Waals surface area (Å²) in [6, 6.07) is 1.34. The first-order valence-corrected chi connectivity index (χ1v) is 7.01. The van der Waals surface area contributed by atoms with E-state index in [1.807, 2.05) is 0 Å². The van der Waals surface area contributed by atoms with Crippen LogP contribution in [0.25, 0.3) is 0 Å². The summed E-state index contributed by atoms with van der Waals surface area (Å²) in [6.45, 7) is 1.44. The summed E-state index contributed by atoms with van der Waals surface area (Å²) in [7, 11) is -3.89. The van der Waals surface area contributed by atoms with Crippen molar-refractivity contribution in [3.8, 4) is 0 Å². The molecule has 102 valence electrons. The third kappa shape index (κ3) is 3.55. The fraction of sp³-hybridized carbons (Fsp3) is 0.400. The molecule has 0 heterocycles. The first-order valence-electron chi connectivity index (χ1n) is 5.15. The SMILES string of the molecule is CC(CCO)NS(=O)(=O)c1cc(N)c(F)cc1Cl. The molecular formula is C10H14ClFN2O3S. The normalized spacial score (nSPS) is 13.6. The number of benzene rings is 1. The van der Waals surface area contributed by atoms with Crippen LogP contribution in [0.3, 0.4) is 0 Å². The number of hydrogen-bond donors (Lipinski definition) is 3. The monoisotopic (exact) mass is 296 g/mol. The fourth-order valence-corrected chi connectivity index (χ4v) is 3.16. The largest absolute Gasteiger partial charge is 0.396 e. The molecule has 0 saturated heterocycles. The van der Waals surface area contributed by atoms with Gasteiger partial charge in [0.05, 0.1) is 10.7 Å². The lowest BCUT2D eigenvalue weighted by Gasteiger charge is -2.14. The van der Waals surface area contributed by atoms with Crippen molar-refractivity contribution >= 4 is 27.3 Å². The maximum atomic E-state index is 13.1. The summed E-state index contributed by atoms with van der Waals surface area (Å²) in [4.78, 5) is -0.284. The van der Waals surface area contributed by atoms with Gasteiger partial charge < -0.3 is 10.8 Å². The second-order valence-corrected chi connectivity index (χ2v) is 5.93. The molecule has 0 bridgehead atoms. The molecule has 0 saturated carbocycles. The zero-order valence-corrected chi connectivity index (χ0v) is 11.2. The molecule has 0 spiro atoms. The van der Waals surface area contributed by atoms with E-state index in [1.54, 1.807) is 6.92 Å². The van der Waals surface area contributed by atoms with Gasteiger partial charge in [0.1, 0.15) is 10.7 Å². The zero-order valence-electron chi connectivity index (χ0n) is 9.65. The minimum atomic E-state index is -3.89. The molecule has 1 aromatic carbocycles. The lowest BCUT2D eigenvalue weighted by atomic mass is 10.3. The van der Waals surface area contributed by atoms with Crippen LogP contribution in [0.2, 0.25) is 5.02 Å². The van der Waals surface area contributed by atoms with Gasteiger partial charge in [-0.05, 0) is 25.5 Å². The second kappa shape index (κ2) is 5.83. The van der Waals surface area contributed by atoms with E-state index in [2.05, 4.69) is 4.72 Å². The fourth-order valence-electron chi connectivity index (χ4n) is 1.33. The lowest BCUT2D eigenvalue weighted by molar-refractivity contribution is 0.275. The van der Waals surface area contributed by atoms with Gasteiger partial charge in [-0.15, -0.1) is 0 Å². The number of anilines is 1. The molecule has 18 heavy (non-hydrogen) atoms. The second-order valence-electron chi connectivity index (χ2n) is 3.84. The van der Waals surface area contributed by atoms with E-state index in [1.165, 1.54) is 0 Å². The highest BCUT2D eigenvalue weighted by Crippen LogP contribution is 2.26. The average Bonchev–Trinajstić information content (AvgIpc) is 2.22. The Hall–Kier alpha value is -0.890. The number of hydrogen-bond acceptors (Lipinski definition) is 4. The molecule has 0 aliphatic carbocycles. The minimum absolute atomic E-state index is 0.150. The van der Waals surface area contributed by atoms with Crippen molar-refractivity contribution in [1.29, 1.82) is 0 Å². The molecule has 0 aliphatic rings. The number of aliphatic hydroxyl groups is 1. The van der Waals surface area contributed by atoms with Crippen LogP contribution in [0.5, 0.6) is 0 Å². The van der Waals surface area contributed by atoms with Crippen LogP contribution in [-0.4, -0.2) is 26.2 Å². The number of sulfonamides is 1. The van der Waals surface area contributed by atoms with Crippen LogP contribution >= 0.6 is 11.6 Å². The first-order chi connectivity index (χ1) is 8.27. The molecule has 1 rings (SSSR count). The molecule has 0 fully saturated rings. The molecule has 4 N–H and O–H groups in total. The third-order valence-corrected chi connectivity index (χ3v) is 4.31. The maximum Gasteiger partial charge on any atom is 0.242 e. The quantitative estimate of drug-likeness (QED) is 0.710. The average molecular weight is 297 g/mol. The number of nitrogens with one attached hydrogen (secondary N) is 1. The Bertz CT molecular complexity index is 536. The van der Waals surface area contributed by atoms with Crippen molar-refractivity contribution in [2.24, 2.45) is 0 Å². The molecule has 8 heteroatoms. The highest BCUT2D eigenvalue weighted by atomic mass is 35.5. The molecule has 5 nitrogen and oxygen atoms in total. The molecule has 0 aliphatic heterocycles. The molecule has 0 amide bonds. The molecule has 1 aromatic rings. The van der Waals surface area contributed by atoms with Gasteiger partial charge in [0, 0.05) is 12.6 Å². The number of rotatable bonds is 5. The van der Waals surface area contributed by atoms with E-state index in [0.29, 0.717) is 0 Å². The van der Waals surface area contributed by atoms with Gasteiger partial charge in [-0.3, -0.25) is 0 Å². The molecule has 1 atom stereocenters. The van der Waals surface area contributed by atoms with Gasteiger partial charge in [0.25, 0.3) is 0 Å². The van der Waals surface area contributed by atoms with E-state index < -0.39 is 21.9 Å². The van der Waals surface area contributed by atoms with Gasteiger partial charge in [-0.2, -0.15) is 0 Å². The van der Waals surface area contributed by atoms with Crippen LogP contribution in [0.15, 0.2) is 17.0 Å². The van der Waals surface area contributed by atoms with Crippen molar-refractivity contribution in [2.75, 3.05) is 12.3 Å². The van der Waals surface area contributed by atoms with E-state index in [4.69, 9.17) is 22.4 Å². The van der Waals surface area contributed by atoms with E-state index in [-0.39, 0.29) is 28.6 Å². The van der Waals surface area contributed by atoms with Crippen molar-refractivity contribution in [3.05, 3.63) is 23.0 Å². The molecule has 0 radical (unpaired) electrons. The topological polar surface area (TPSA) is 92.4 Å². The zero-order chi connectivity index (χ0) is 13.9. The predicted molar refractivity (Wildman–Crippen MR) is 67.3 cm³/mol. The molecular weight excluding hydrogens is 283 g/mol. The van der Waals surface area contributed by atoms with Gasteiger partial charge in [0.2, 0.25) is 10.0 Å². The number of halogens is 2. The predicted octanol–water partition coefficient (Wildman–Crippen LogP) is 1.11. The van der Waals surface area contributed by atoms with E-state index in [9.17, 15) is 12.8 Å². The number of nitrogen functional groups attached to an aromatic ring is 1. The molecule has 0 aromatic heterocycles. The van der Waals surface area contributed by atoms with Crippen LogP contribution in [0.1, 0.15) is 13.3 Å².